The van der Waals surface area contributed by atoms with Crippen molar-refractivity contribution in [2.24, 2.45) is 5.73 Å². The predicted molar refractivity (Wildman–Crippen MR) is 49.7 cm³/mol. The lowest BCUT2D eigenvalue weighted by atomic mass is 9.99. The highest BCUT2D eigenvalue weighted by Gasteiger charge is 2.46. The summed E-state index contributed by atoms with van der Waals surface area (Å²) in [7, 11) is -2.99. The first kappa shape index (κ1) is 9.99. The van der Waals surface area contributed by atoms with E-state index in [-0.39, 0.29) is 6.04 Å². The Morgan fingerprint density at radius 3 is 1.92 bits per heavy atom. The van der Waals surface area contributed by atoms with Gasteiger partial charge in [0.05, 0.1) is 4.75 Å². The number of nitrogens with two attached hydrogens (primary N) is 1. The molecule has 1 aliphatic rings. The second kappa shape index (κ2) is 3.00. The van der Waals surface area contributed by atoms with Crippen molar-refractivity contribution < 1.29 is 8.42 Å². The largest absolute Gasteiger partial charge is 0.327 e. The lowest BCUT2D eigenvalue weighted by Gasteiger charge is -2.30. The minimum absolute atomic E-state index is 0.241. The fraction of sp³-hybridized carbons (Fsp3) is 1.00. The van der Waals surface area contributed by atoms with Crippen LogP contribution in [0.15, 0.2) is 0 Å². The summed E-state index contributed by atoms with van der Waals surface area (Å²) in [6, 6.07) is -0.241. The Labute approximate surface area is 74.3 Å². The molecule has 0 aromatic rings. The van der Waals surface area contributed by atoms with E-state index in [4.69, 9.17) is 5.73 Å². The van der Waals surface area contributed by atoms with Gasteiger partial charge in [-0.1, -0.05) is 12.8 Å². The third-order valence-corrected chi connectivity index (χ3v) is 5.28. The molecule has 1 atom stereocenters. The molecule has 0 bridgehead atoms. The van der Waals surface area contributed by atoms with Crippen molar-refractivity contribution in [2.75, 3.05) is 6.26 Å². The van der Waals surface area contributed by atoms with Crippen LogP contribution in [0.3, 0.4) is 0 Å². The van der Waals surface area contributed by atoms with Crippen LogP contribution in [-0.2, 0) is 9.84 Å². The number of sulfone groups is 1. The summed E-state index contributed by atoms with van der Waals surface area (Å²) < 4.78 is 22.4. The number of rotatable bonds is 2. The molecular weight excluding hydrogens is 174 g/mol. The Bertz CT molecular complexity index is 250. The summed E-state index contributed by atoms with van der Waals surface area (Å²) in [5.41, 5.74) is 5.74. The zero-order valence-corrected chi connectivity index (χ0v) is 8.52. The van der Waals surface area contributed by atoms with Gasteiger partial charge in [0.15, 0.2) is 9.84 Å². The first-order valence-corrected chi connectivity index (χ1v) is 6.24. The standard InChI is InChI=1S/C8H17NO2S/c1-7(9)8(12(2,10)11)5-3-4-6-8/h7H,3-6,9H2,1-2H3. The van der Waals surface area contributed by atoms with Gasteiger partial charge in [-0.15, -0.1) is 0 Å². The van der Waals surface area contributed by atoms with Crippen LogP contribution in [0.2, 0.25) is 0 Å². The summed E-state index contributed by atoms with van der Waals surface area (Å²) in [5.74, 6) is 0. The van der Waals surface area contributed by atoms with Gasteiger partial charge < -0.3 is 5.73 Å². The van der Waals surface area contributed by atoms with Crippen LogP contribution in [0, 0.1) is 0 Å². The van der Waals surface area contributed by atoms with Crippen LogP contribution in [0.25, 0.3) is 0 Å². The van der Waals surface area contributed by atoms with E-state index >= 15 is 0 Å². The molecule has 1 rings (SSSR count). The van der Waals surface area contributed by atoms with Crippen molar-refractivity contribution in [1.29, 1.82) is 0 Å². The highest BCUT2D eigenvalue weighted by atomic mass is 32.2. The Morgan fingerprint density at radius 2 is 1.75 bits per heavy atom. The zero-order chi connectivity index (χ0) is 9.41. The van der Waals surface area contributed by atoms with E-state index in [1.165, 1.54) is 6.26 Å². The van der Waals surface area contributed by atoms with Gasteiger partial charge in [-0.2, -0.15) is 0 Å². The van der Waals surface area contributed by atoms with Crippen LogP contribution in [0.5, 0.6) is 0 Å². The zero-order valence-electron chi connectivity index (χ0n) is 7.71. The van der Waals surface area contributed by atoms with Gasteiger partial charge in [0.25, 0.3) is 0 Å². The summed E-state index contributed by atoms with van der Waals surface area (Å²) in [6.45, 7) is 1.80. The fourth-order valence-electron chi connectivity index (χ4n) is 2.14. The Morgan fingerprint density at radius 1 is 1.33 bits per heavy atom. The van der Waals surface area contributed by atoms with Crippen molar-refractivity contribution in [1.82, 2.24) is 0 Å². The SMILES string of the molecule is CC(N)C1(S(C)(=O)=O)CCCC1. The summed E-state index contributed by atoms with van der Waals surface area (Å²) in [5, 5.41) is 0. The van der Waals surface area contributed by atoms with E-state index < -0.39 is 14.6 Å². The molecule has 0 heterocycles. The third-order valence-electron chi connectivity index (χ3n) is 3.02. The van der Waals surface area contributed by atoms with Gasteiger partial charge in [-0.3, -0.25) is 0 Å². The summed E-state index contributed by atoms with van der Waals surface area (Å²) in [6.07, 6.45) is 4.78. The monoisotopic (exact) mass is 191 g/mol. The maximum absolute atomic E-state index is 11.5. The normalized spacial score (nSPS) is 25.6. The molecule has 3 nitrogen and oxygen atoms in total. The molecular formula is C8H17NO2S. The minimum atomic E-state index is -2.99. The van der Waals surface area contributed by atoms with E-state index in [2.05, 4.69) is 0 Å². The van der Waals surface area contributed by atoms with Gasteiger partial charge in [0.1, 0.15) is 0 Å². The average molecular weight is 191 g/mol. The van der Waals surface area contributed by atoms with Gasteiger partial charge in [0.2, 0.25) is 0 Å². The molecule has 1 saturated carbocycles. The molecule has 0 saturated heterocycles. The average Bonchev–Trinajstić information content (AvgIpc) is 2.31. The molecule has 1 fully saturated rings. The van der Waals surface area contributed by atoms with E-state index in [1.54, 1.807) is 6.92 Å². The van der Waals surface area contributed by atoms with E-state index in [9.17, 15) is 8.42 Å². The molecule has 0 aromatic heterocycles. The van der Waals surface area contributed by atoms with Crippen molar-refractivity contribution in [3.63, 3.8) is 0 Å². The molecule has 0 aromatic carbocycles. The Kier molecular flexibility index (Phi) is 2.50. The quantitative estimate of drug-likeness (QED) is 0.698. The van der Waals surface area contributed by atoms with Crippen LogP contribution >= 0.6 is 0 Å². The Hall–Kier alpha value is -0.0900. The molecule has 72 valence electrons. The Balaban J connectivity index is 3.03. The van der Waals surface area contributed by atoms with E-state index in [1.807, 2.05) is 0 Å². The molecule has 4 heteroatoms. The number of hydrogen-bond acceptors (Lipinski definition) is 3. The van der Waals surface area contributed by atoms with E-state index in [0.29, 0.717) is 0 Å². The number of hydrogen-bond donors (Lipinski definition) is 1. The molecule has 0 radical (unpaired) electrons. The van der Waals surface area contributed by atoms with Crippen LogP contribution < -0.4 is 5.73 Å². The smallest absolute Gasteiger partial charge is 0.154 e. The maximum Gasteiger partial charge on any atom is 0.154 e. The minimum Gasteiger partial charge on any atom is -0.327 e. The van der Waals surface area contributed by atoms with Gasteiger partial charge in [-0.25, -0.2) is 8.42 Å². The lowest BCUT2D eigenvalue weighted by molar-refractivity contribution is 0.458. The van der Waals surface area contributed by atoms with Gasteiger partial charge in [0, 0.05) is 12.3 Å². The summed E-state index contributed by atoms with van der Waals surface area (Å²) >= 11 is 0. The second-order valence-corrected chi connectivity index (χ2v) is 6.19. The predicted octanol–water partition coefficient (Wildman–Crippen LogP) is 0.691. The topological polar surface area (TPSA) is 60.2 Å². The fourth-order valence-corrected chi connectivity index (χ4v) is 3.84. The van der Waals surface area contributed by atoms with Crippen LogP contribution in [0.1, 0.15) is 32.6 Å². The highest BCUT2D eigenvalue weighted by molar-refractivity contribution is 7.92. The first-order valence-electron chi connectivity index (χ1n) is 4.35. The van der Waals surface area contributed by atoms with Gasteiger partial charge >= 0.3 is 0 Å². The molecule has 0 amide bonds. The van der Waals surface area contributed by atoms with Crippen molar-refractivity contribution in [2.45, 2.75) is 43.4 Å². The molecule has 0 spiro atoms. The molecule has 0 aliphatic heterocycles. The molecule has 1 unspecified atom stereocenters. The van der Waals surface area contributed by atoms with Gasteiger partial charge in [-0.05, 0) is 19.8 Å². The molecule has 2 N–H and O–H groups in total. The van der Waals surface area contributed by atoms with Crippen LogP contribution in [0.4, 0.5) is 0 Å². The van der Waals surface area contributed by atoms with E-state index in [0.717, 1.165) is 25.7 Å². The van der Waals surface area contributed by atoms with Crippen molar-refractivity contribution >= 4 is 9.84 Å². The van der Waals surface area contributed by atoms with Crippen molar-refractivity contribution in [3.05, 3.63) is 0 Å². The third kappa shape index (κ3) is 1.38. The lowest BCUT2D eigenvalue weighted by Crippen LogP contribution is -2.49. The van der Waals surface area contributed by atoms with Crippen LogP contribution in [-0.4, -0.2) is 25.5 Å². The molecule has 1 aliphatic carbocycles. The highest BCUT2D eigenvalue weighted by Crippen LogP contribution is 2.38. The maximum atomic E-state index is 11.5. The summed E-state index contributed by atoms with van der Waals surface area (Å²) in [4.78, 5) is 0. The second-order valence-electron chi connectivity index (χ2n) is 3.83. The van der Waals surface area contributed by atoms with Crippen molar-refractivity contribution in [3.8, 4) is 0 Å². The first-order chi connectivity index (χ1) is 5.40. The molecule has 12 heavy (non-hydrogen) atoms.